The van der Waals surface area contributed by atoms with Crippen molar-refractivity contribution in [2.24, 2.45) is 5.90 Å². The molecule has 29 heavy (non-hydrogen) atoms. The Morgan fingerprint density at radius 3 is 2.55 bits per heavy atom. The first-order chi connectivity index (χ1) is 14.0. The highest BCUT2D eigenvalue weighted by atomic mass is 32.2. The van der Waals surface area contributed by atoms with Gasteiger partial charge in [-0.3, -0.25) is 5.48 Å². The fourth-order valence-electron chi connectivity index (χ4n) is 2.94. The van der Waals surface area contributed by atoms with Gasteiger partial charge in [0, 0.05) is 26.1 Å². The Labute approximate surface area is 191 Å². The molecule has 0 aliphatic carbocycles. The van der Waals surface area contributed by atoms with Crippen LogP contribution < -0.4 is 11.4 Å². The van der Waals surface area contributed by atoms with Gasteiger partial charge in [-0.05, 0) is 77.8 Å². The van der Waals surface area contributed by atoms with Crippen molar-refractivity contribution in [3.05, 3.63) is 78.7 Å². The van der Waals surface area contributed by atoms with Gasteiger partial charge in [-0.25, -0.2) is 0 Å². The van der Waals surface area contributed by atoms with E-state index in [-0.39, 0.29) is 0 Å². The van der Waals surface area contributed by atoms with Crippen LogP contribution in [0.15, 0.2) is 68.9 Å². The van der Waals surface area contributed by atoms with Crippen LogP contribution in [-0.4, -0.2) is 5.25 Å². The smallest absolute Gasteiger partial charge is 0.0402 e. The number of nitrogens with two attached hydrogens (primary N) is 1. The first kappa shape index (κ1) is 24.1. The SMILES string of the molecule is C/C=C(\S[C@H](C)C/C(S)=C(C(/C)=C\c1cccs1)\C(C)=C\NON)c1cccs1. The van der Waals surface area contributed by atoms with Gasteiger partial charge < -0.3 is 0 Å². The molecule has 0 unspecified atom stereocenters. The van der Waals surface area contributed by atoms with E-state index in [0.29, 0.717) is 5.25 Å². The second-order valence-electron chi connectivity index (χ2n) is 6.49. The molecule has 0 aliphatic heterocycles. The van der Waals surface area contributed by atoms with Gasteiger partial charge in [-0.2, -0.15) is 10.8 Å². The number of hydroxylamine groups is 1. The van der Waals surface area contributed by atoms with Gasteiger partial charge in [0.15, 0.2) is 0 Å². The normalized spacial score (nSPS) is 15.3. The van der Waals surface area contributed by atoms with Crippen LogP contribution in [0.25, 0.3) is 11.0 Å². The van der Waals surface area contributed by atoms with Crippen LogP contribution >= 0.6 is 47.1 Å². The van der Waals surface area contributed by atoms with Gasteiger partial charge >= 0.3 is 0 Å². The van der Waals surface area contributed by atoms with E-state index in [1.165, 1.54) is 14.7 Å². The number of thiophene rings is 2. The van der Waals surface area contributed by atoms with Crippen LogP contribution in [0.1, 0.15) is 43.9 Å². The lowest BCUT2D eigenvalue weighted by molar-refractivity contribution is 0.0717. The van der Waals surface area contributed by atoms with E-state index < -0.39 is 0 Å². The third-order valence-electron chi connectivity index (χ3n) is 4.16. The fraction of sp³-hybridized carbons (Fsp3) is 0.273. The summed E-state index contributed by atoms with van der Waals surface area (Å²) in [6.45, 7) is 8.49. The van der Waals surface area contributed by atoms with Crippen molar-refractivity contribution in [1.29, 1.82) is 0 Å². The molecule has 0 amide bonds. The third kappa shape index (κ3) is 7.51. The van der Waals surface area contributed by atoms with Crippen LogP contribution in [0.2, 0.25) is 0 Å². The van der Waals surface area contributed by atoms with Crippen molar-refractivity contribution in [3.63, 3.8) is 0 Å². The summed E-state index contributed by atoms with van der Waals surface area (Å²) in [5.41, 5.74) is 5.91. The number of allylic oxidation sites excluding steroid dienone is 5. The van der Waals surface area contributed by atoms with Crippen molar-refractivity contribution in [3.8, 4) is 0 Å². The minimum atomic E-state index is 0.381. The second kappa shape index (κ2) is 12.5. The Balaban J connectivity index is 2.26. The number of nitrogens with one attached hydrogen (secondary N) is 1. The summed E-state index contributed by atoms with van der Waals surface area (Å²) in [6, 6.07) is 8.43. The number of hydrogen-bond acceptors (Lipinski definition) is 7. The van der Waals surface area contributed by atoms with E-state index in [1.807, 2.05) is 18.7 Å². The molecule has 2 aromatic rings. The van der Waals surface area contributed by atoms with Gasteiger partial charge in [-0.15, -0.1) is 47.1 Å². The molecule has 0 bridgehead atoms. The van der Waals surface area contributed by atoms with E-state index in [0.717, 1.165) is 28.0 Å². The average Bonchev–Trinajstić information content (AvgIpc) is 3.38. The Kier molecular flexibility index (Phi) is 10.3. The lowest BCUT2D eigenvalue weighted by atomic mass is 9.98. The summed E-state index contributed by atoms with van der Waals surface area (Å²) in [7, 11) is 0. The minimum absolute atomic E-state index is 0.381. The van der Waals surface area contributed by atoms with E-state index in [4.69, 9.17) is 18.5 Å². The summed E-state index contributed by atoms with van der Waals surface area (Å²) in [5, 5.41) is 4.58. The largest absolute Gasteiger partial charge is 0.255 e. The molecule has 0 saturated carbocycles. The van der Waals surface area contributed by atoms with Gasteiger partial charge in [-0.1, -0.05) is 25.1 Å². The molecular weight excluding hydrogens is 437 g/mol. The number of rotatable bonds is 10. The molecule has 2 aromatic heterocycles. The van der Waals surface area contributed by atoms with Crippen LogP contribution in [0.3, 0.4) is 0 Å². The maximum absolute atomic E-state index is 5.12. The van der Waals surface area contributed by atoms with Crippen molar-refractivity contribution >= 4 is 58.0 Å². The van der Waals surface area contributed by atoms with E-state index in [2.05, 4.69) is 78.4 Å². The van der Waals surface area contributed by atoms with Gasteiger partial charge in [0.05, 0.1) is 0 Å². The van der Waals surface area contributed by atoms with Crippen LogP contribution in [0.4, 0.5) is 0 Å². The zero-order valence-corrected chi connectivity index (χ0v) is 20.5. The molecule has 1 atom stereocenters. The van der Waals surface area contributed by atoms with Crippen LogP contribution in [0, 0.1) is 0 Å². The van der Waals surface area contributed by atoms with Gasteiger partial charge in [0.25, 0.3) is 0 Å². The molecule has 7 heteroatoms. The molecule has 3 nitrogen and oxygen atoms in total. The fourth-order valence-corrected chi connectivity index (χ4v) is 6.39. The van der Waals surface area contributed by atoms with E-state index in [1.54, 1.807) is 28.9 Å². The highest BCUT2D eigenvalue weighted by molar-refractivity contribution is 8.09. The van der Waals surface area contributed by atoms with E-state index in [9.17, 15) is 0 Å². The molecule has 3 N–H and O–H groups in total. The van der Waals surface area contributed by atoms with Crippen LogP contribution in [-0.2, 0) is 4.94 Å². The first-order valence-electron chi connectivity index (χ1n) is 9.25. The van der Waals surface area contributed by atoms with Crippen molar-refractivity contribution in [1.82, 2.24) is 5.48 Å². The minimum Gasteiger partial charge on any atom is -0.255 e. The third-order valence-corrected chi connectivity index (χ3v) is 7.69. The predicted octanol–water partition coefficient (Wildman–Crippen LogP) is 7.27. The molecule has 0 spiro atoms. The van der Waals surface area contributed by atoms with Crippen molar-refractivity contribution in [2.75, 3.05) is 0 Å². The summed E-state index contributed by atoms with van der Waals surface area (Å²) < 4.78 is 0. The molecule has 156 valence electrons. The highest BCUT2D eigenvalue weighted by Gasteiger charge is 2.15. The summed E-state index contributed by atoms with van der Waals surface area (Å²) in [4.78, 5) is 9.40. The molecule has 0 aromatic carbocycles. The lowest BCUT2D eigenvalue weighted by Gasteiger charge is -2.18. The topological polar surface area (TPSA) is 47.3 Å². The second-order valence-corrected chi connectivity index (χ2v) is 10.4. The summed E-state index contributed by atoms with van der Waals surface area (Å²) >= 11 is 10.3. The molecular formula is C22H28N2OS4. The average molecular weight is 465 g/mol. The zero-order chi connectivity index (χ0) is 21.2. The summed E-state index contributed by atoms with van der Waals surface area (Å²) in [5.74, 6) is 5.12. The van der Waals surface area contributed by atoms with Gasteiger partial charge in [0.1, 0.15) is 0 Å². The Morgan fingerprint density at radius 1 is 1.24 bits per heavy atom. The number of thiol groups is 1. The molecule has 2 rings (SSSR count). The monoisotopic (exact) mass is 464 g/mol. The Morgan fingerprint density at radius 2 is 1.97 bits per heavy atom. The Hall–Kier alpha value is -1.22. The maximum Gasteiger partial charge on any atom is 0.0402 e. The molecule has 0 saturated heterocycles. The molecule has 2 heterocycles. The standard InChI is InChI=1S/C22H28N2OS4/c1-5-20(21-9-7-11-28-21)29-17(4)13-19(26)22(16(3)14-24-25-23)15(2)12-18-8-6-10-27-18/h5-12,14,17,24,26H,13,23H2,1-4H3/b15-12-,16-14+,20-5-,22-19+/t17-/m1/s1. The first-order valence-corrected chi connectivity index (χ1v) is 12.3. The molecule has 0 fully saturated rings. The predicted molar refractivity (Wildman–Crippen MR) is 136 cm³/mol. The maximum atomic E-state index is 5.12. The lowest BCUT2D eigenvalue weighted by Crippen LogP contribution is -2.13. The molecule has 0 radical (unpaired) electrons. The van der Waals surface area contributed by atoms with Crippen molar-refractivity contribution in [2.45, 2.75) is 39.4 Å². The van der Waals surface area contributed by atoms with Crippen molar-refractivity contribution < 1.29 is 4.94 Å². The number of thioether (sulfide) groups is 1. The number of hydrogen-bond donors (Lipinski definition) is 3. The Bertz CT molecular complexity index is 878. The molecule has 0 aliphatic rings. The van der Waals surface area contributed by atoms with E-state index >= 15 is 0 Å². The quantitative estimate of drug-likeness (QED) is 0.197. The van der Waals surface area contributed by atoms with Gasteiger partial charge in [0.2, 0.25) is 0 Å². The highest BCUT2D eigenvalue weighted by Crippen LogP contribution is 2.38. The zero-order valence-electron chi connectivity index (χ0n) is 17.1. The van der Waals surface area contributed by atoms with Crippen LogP contribution in [0.5, 0.6) is 0 Å². The summed E-state index contributed by atoms with van der Waals surface area (Å²) in [6.07, 6.45) is 7.00.